The van der Waals surface area contributed by atoms with E-state index in [2.05, 4.69) is 10.5 Å². The van der Waals surface area contributed by atoms with Crippen molar-refractivity contribution in [1.29, 1.82) is 0 Å². The van der Waals surface area contributed by atoms with Gasteiger partial charge in [-0.3, -0.25) is 14.9 Å². The molecule has 1 amide bonds. The van der Waals surface area contributed by atoms with E-state index in [9.17, 15) is 14.9 Å². The highest BCUT2D eigenvalue weighted by molar-refractivity contribution is 5.91. The molecular formula is C22H23N3O6. The van der Waals surface area contributed by atoms with Crippen LogP contribution in [0.5, 0.6) is 11.5 Å². The highest BCUT2D eigenvalue weighted by Gasteiger charge is 2.18. The Bertz CT molecular complexity index is 1100. The Balaban J connectivity index is 1.92. The van der Waals surface area contributed by atoms with Crippen LogP contribution in [0.25, 0.3) is 11.1 Å². The van der Waals surface area contributed by atoms with Crippen molar-refractivity contribution in [3.05, 3.63) is 63.5 Å². The lowest BCUT2D eigenvalue weighted by atomic mass is 10.0. The monoisotopic (exact) mass is 425 g/mol. The predicted octanol–water partition coefficient (Wildman–Crippen LogP) is 4.94. The minimum absolute atomic E-state index is 0.118. The second kappa shape index (κ2) is 9.40. The van der Waals surface area contributed by atoms with Gasteiger partial charge in [-0.25, -0.2) is 0 Å². The number of aromatic nitrogens is 1. The van der Waals surface area contributed by atoms with Crippen molar-refractivity contribution in [3.63, 3.8) is 0 Å². The number of ether oxygens (including phenoxy) is 2. The van der Waals surface area contributed by atoms with Crippen LogP contribution in [-0.2, 0) is 9.53 Å². The largest absolute Gasteiger partial charge is 0.457 e. The third-order valence-corrected chi connectivity index (χ3v) is 4.68. The van der Waals surface area contributed by atoms with Gasteiger partial charge in [0.05, 0.1) is 29.7 Å². The Morgan fingerprint density at radius 3 is 2.58 bits per heavy atom. The van der Waals surface area contributed by atoms with E-state index in [1.807, 2.05) is 6.92 Å². The predicted molar refractivity (Wildman–Crippen MR) is 114 cm³/mol. The molecule has 9 heteroatoms. The van der Waals surface area contributed by atoms with Gasteiger partial charge < -0.3 is 19.3 Å². The van der Waals surface area contributed by atoms with Gasteiger partial charge in [0, 0.05) is 30.5 Å². The zero-order valence-corrected chi connectivity index (χ0v) is 17.7. The van der Waals surface area contributed by atoms with E-state index >= 15 is 0 Å². The number of nitro benzene ring substituents is 1. The third-order valence-electron chi connectivity index (χ3n) is 4.68. The molecular weight excluding hydrogens is 402 g/mol. The maximum atomic E-state index is 12.0. The van der Waals surface area contributed by atoms with Gasteiger partial charge in [0.2, 0.25) is 5.91 Å². The van der Waals surface area contributed by atoms with Gasteiger partial charge >= 0.3 is 0 Å². The average Bonchev–Trinajstić information content (AvgIpc) is 3.06. The zero-order valence-electron chi connectivity index (χ0n) is 17.7. The molecule has 1 aromatic heterocycles. The summed E-state index contributed by atoms with van der Waals surface area (Å²) in [6.07, 6.45) is 0.229. The van der Waals surface area contributed by atoms with Gasteiger partial charge in [-0.1, -0.05) is 11.2 Å². The molecule has 162 valence electrons. The second-order valence-corrected chi connectivity index (χ2v) is 7.04. The number of carbonyl (C=O) groups excluding carboxylic acids is 1. The first-order chi connectivity index (χ1) is 14.8. The number of anilines is 1. The number of hydrogen-bond acceptors (Lipinski definition) is 7. The van der Waals surface area contributed by atoms with Crippen LogP contribution in [0.3, 0.4) is 0 Å². The molecule has 3 rings (SSSR count). The Hall–Kier alpha value is -3.72. The number of hydrogen-bond donors (Lipinski definition) is 1. The Morgan fingerprint density at radius 2 is 1.94 bits per heavy atom. The molecule has 0 aliphatic heterocycles. The van der Waals surface area contributed by atoms with E-state index < -0.39 is 4.92 Å². The van der Waals surface area contributed by atoms with Gasteiger partial charge in [-0.15, -0.1) is 0 Å². The van der Waals surface area contributed by atoms with Crippen LogP contribution in [-0.4, -0.2) is 29.7 Å². The van der Waals surface area contributed by atoms with Crippen LogP contribution in [0.4, 0.5) is 11.4 Å². The molecule has 2 aromatic carbocycles. The van der Waals surface area contributed by atoms with Crippen molar-refractivity contribution in [1.82, 2.24) is 5.16 Å². The summed E-state index contributed by atoms with van der Waals surface area (Å²) in [6.45, 7) is 5.69. The summed E-state index contributed by atoms with van der Waals surface area (Å²) in [4.78, 5) is 23.0. The molecule has 0 bridgehead atoms. The lowest BCUT2D eigenvalue weighted by Crippen LogP contribution is -2.14. The molecule has 0 atom stereocenters. The first-order valence-corrected chi connectivity index (χ1v) is 9.58. The first-order valence-electron chi connectivity index (χ1n) is 9.58. The zero-order chi connectivity index (χ0) is 22.5. The normalized spacial score (nSPS) is 10.7. The number of aryl methyl sites for hydroxylation is 3. The third kappa shape index (κ3) is 5.26. The van der Waals surface area contributed by atoms with Gasteiger partial charge in [-0.05, 0) is 44.0 Å². The smallest absolute Gasteiger partial charge is 0.273 e. The number of rotatable bonds is 8. The summed E-state index contributed by atoms with van der Waals surface area (Å²) < 4.78 is 16.0. The lowest BCUT2D eigenvalue weighted by molar-refractivity contribution is -0.384. The van der Waals surface area contributed by atoms with Crippen LogP contribution >= 0.6 is 0 Å². The van der Waals surface area contributed by atoms with Crippen LogP contribution in [0.15, 0.2) is 40.9 Å². The highest BCUT2D eigenvalue weighted by atomic mass is 16.6. The summed E-state index contributed by atoms with van der Waals surface area (Å²) in [5, 5.41) is 18.2. The summed E-state index contributed by atoms with van der Waals surface area (Å²) >= 11 is 0. The summed E-state index contributed by atoms with van der Waals surface area (Å²) in [6, 6.07) is 9.70. The number of carbonyl (C=O) groups is 1. The van der Waals surface area contributed by atoms with Crippen LogP contribution in [0.1, 0.15) is 23.4 Å². The Morgan fingerprint density at radius 1 is 1.16 bits per heavy atom. The maximum Gasteiger partial charge on any atom is 0.273 e. The number of methoxy groups -OCH3 is 1. The second-order valence-electron chi connectivity index (χ2n) is 7.04. The Labute approximate surface area is 179 Å². The molecule has 0 unspecified atom stereocenters. The molecule has 1 heterocycles. The van der Waals surface area contributed by atoms with Gasteiger partial charge in [0.25, 0.3) is 5.69 Å². The van der Waals surface area contributed by atoms with E-state index in [-0.39, 0.29) is 23.8 Å². The van der Waals surface area contributed by atoms with Gasteiger partial charge in [0.15, 0.2) is 0 Å². The van der Waals surface area contributed by atoms with Crippen LogP contribution < -0.4 is 10.1 Å². The molecule has 0 saturated carbocycles. The van der Waals surface area contributed by atoms with Crippen molar-refractivity contribution in [3.8, 4) is 22.6 Å². The van der Waals surface area contributed by atoms with E-state index in [0.717, 1.165) is 5.56 Å². The van der Waals surface area contributed by atoms with E-state index in [4.69, 9.17) is 14.0 Å². The molecule has 9 nitrogen and oxygen atoms in total. The van der Waals surface area contributed by atoms with Gasteiger partial charge in [-0.2, -0.15) is 0 Å². The molecule has 0 spiro atoms. The molecule has 1 N–H and O–H groups in total. The first kappa shape index (κ1) is 22.0. The lowest BCUT2D eigenvalue weighted by Gasteiger charge is -2.12. The average molecular weight is 425 g/mol. The van der Waals surface area contributed by atoms with Crippen molar-refractivity contribution < 1.29 is 23.7 Å². The molecule has 31 heavy (non-hydrogen) atoms. The van der Waals surface area contributed by atoms with E-state index in [1.54, 1.807) is 38.1 Å². The topological polar surface area (TPSA) is 117 Å². The number of nitrogens with zero attached hydrogens (tertiary/aromatic N) is 2. The molecule has 0 aliphatic carbocycles. The van der Waals surface area contributed by atoms with Crippen molar-refractivity contribution in [2.45, 2.75) is 27.2 Å². The van der Waals surface area contributed by atoms with Crippen molar-refractivity contribution >= 4 is 17.3 Å². The fraction of sp³-hybridized carbons (Fsp3) is 0.273. The Kier molecular flexibility index (Phi) is 6.66. The van der Waals surface area contributed by atoms with Crippen molar-refractivity contribution in [2.75, 3.05) is 19.0 Å². The standard InChI is InChI=1S/C22H23N3O6/c1-13-5-6-18(12-20(13)23-21(26)7-8-29-4)30-19-10-16(9-17(11-19)25(27)28)22-14(2)24-31-15(22)3/h5-6,9-12H,7-8H2,1-4H3,(H,23,26). The van der Waals surface area contributed by atoms with Gasteiger partial charge in [0.1, 0.15) is 17.3 Å². The number of amides is 1. The number of benzene rings is 2. The number of nitrogens with one attached hydrogen (secondary N) is 1. The molecule has 3 aromatic rings. The maximum absolute atomic E-state index is 12.0. The SMILES string of the molecule is COCCC(=O)Nc1cc(Oc2cc(-c3c(C)noc3C)cc([N+](=O)[O-])c2)ccc1C. The van der Waals surface area contributed by atoms with Crippen LogP contribution in [0.2, 0.25) is 0 Å². The summed E-state index contributed by atoms with van der Waals surface area (Å²) in [5.74, 6) is 1.08. The summed E-state index contributed by atoms with van der Waals surface area (Å²) in [7, 11) is 1.53. The minimum atomic E-state index is -0.481. The van der Waals surface area contributed by atoms with E-state index in [0.29, 0.717) is 40.6 Å². The minimum Gasteiger partial charge on any atom is -0.457 e. The van der Waals surface area contributed by atoms with Crippen LogP contribution in [0, 0.1) is 30.9 Å². The quantitative estimate of drug-likeness (QED) is 0.401. The fourth-order valence-electron chi connectivity index (χ4n) is 3.13. The summed E-state index contributed by atoms with van der Waals surface area (Å²) in [5.41, 5.74) is 3.21. The molecule has 0 fully saturated rings. The van der Waals surface area contributed by atoms with Crippen molar-refractivity contribution in [2.24, 2.45) is 0 Å². The molecule has 0 aliphatic rings. The molecule has 0 saturated heterocycles. The number of nitro groups is 1. The highest BCUT2D eigenvalue weighted by Crippen LogP contribution is 2.36. The van der Waals surface area contributed by atoms with E-state index in [1.165, 1.54) is 19.2 Å². The fourth-order valence-corrected chi connectivity index (χ4v) is 3.13. The molecule has 0 radical (unpaired) electrons. The number of non-ortho nitro benzene ring substituents is 1.